The third-order valence-corrected chi connectivity index (χ3v) is 3.09. The van der Waals surface area contributed by atoms with Crippen LogP contribution < -0.4 is 10.5 Å². The van der Waals surface area contributed by atoms with Gasteiger partial charge < -0.3 is 10.5 Å². The number of nitrogens with zero attached hydrogens (tertiary/aromatic N) is 1. The maximum absolute atomic E-state index is 8.81. The van der Waals surface area contributed by atoms with E-state index in [1.165, 1.54) is 0 Å². The predicted molar refractivity (Wildman–Crippen MR) is 79.6 cm³/mol. The van der Waals surface area contributed by atoms with E-state index in [2.05, 4.69) is 6.07 Å². The molecule has 0 saturated heterocycles. The summed E-state index contributed by atoms with van der Waals surface area (Å²) < 4.78 is 5.78. The SMILES string of the molecule is N#Cc1ccc(Oc2ccc3ccccc3c2)c(N)c1. The van der Waals surface area contributed by atoms with Gasteiger partial charge in [0.15, 0.2) is 0 Å². The van der Waals surface area contributed by atoms with Gasteiger partial charge in [-0.05, 0) is 41.1 Å². The van der Waals surface area contributed by atoms with E-state index in [4.69, 9.17) is 15.7 Å². The van der Waals surface area contributed by atoms with Crippen LogP contribution in [0.5, 0.6) is 11.5 Å². The second kappa shape index (κ2) is 4.94. The van der Waals surface area contributed by atoms with Crippen molar-refractivity contribution in [3.8, 4) is 17.6 Å². The standard InChI is InChI=1S/C17H12N2O/c18-11-12-5-8-17(16(19)9-12)20-15-7-6-13-3-1-2-4-14(13)10-15/h1-10H,19H2. The van der Waals surface area contributed by atoms with E-state index in [1.807, 2.05) is 42.5 Å². The highest BCUT2D eigenvalue weighted by atomic mass is 16.5. The number of hydrogen-bond donors (Lipinski definition) is 1. The van der Waals surface area contributed by atoms with Crippen LogP contribution in [0.4, 0.5) is 5.69 Å². The first-order chi connectivity index (χ1) is 9.76. The lowest BCUT2D eigenvalue weighted by molar-refractivity contribution is 0.486. The fourth-order valence-corrected chi connectivity index (χ4v) is 2.07. The number of rotatable bonds is 2. The molecule has 96 valence electrons. The number of nitrogen functional groups attached to an aromatic ring is 1. The highest BCUT2D eigenvalue weighted by Crippen LogP contribution is 2.30. The average molecular weight is 260 g/mol. The Labute approximate surface area is 116 Å². The molecule has 0 saturated carbocycles. The number of hydrogen-bond acceptors (Lipinski definition) is 3. The minimum absolute atomic E-state index is 0.456. The van der Waals surface area contributed by atoms with E-state index in [-0.39, 0.29) is 0 Å². The molecule has 3 heteroatoms. The Kier molecular flexibility index (Phi) is 2.98. The second-order valence-corrected chi connectivity index (χ2v) is 4.48. The summed E-state index contributed by atoms with van der Waals surface area (Å²) in [6.45, 7) is 0. The zero-order valence-corrected chi connectivity index (χ0v) is 10.7. The molecule has 0 unspecified atom stereocenters. The Bertz CT molecular complexity index is 819. The molecule has 0 bridgehead atoms. The van der Waals surface area contributed by atoms with Crippen molar-refractivity contribution < 1.29 is 4.74 Å². The van der Waals surface area contributed by atoms with Gasteiger partial charge in [0.25, 0.3) is 0 Å². The van der Waals surface area contributed by atoms with Crippen LogP contribution in [0.15, 0.2) is 60.7 Å². The van der Waals surface area contributed by atoms with Crippen LogP contribution in [0.25, 0.3) is 10.8 Å². The van der Waals surface area contributed by atoms with E-state index < -0.39 is 0 Å². The summed E-state index contributed by atoms with van der Waals surface area (Å²) >= 11 is 0. The zero-order valence-electron chi connectivity index (χ0n) is 10.7. The third-order valence-electron chi connectivity index (χ3n) is 3.09. The largest absolute Gasteiger partial charge is 0.455 e. The van der Waals surface area contributed by atoms with Gasteiger partial charge in [-0.3, -0.25) is 0 Å². The molecule has 0 amide bonds. The quantitative estimate of drug-likeness (QED) is 0.706. The van der Waals surface area contributed by atoms with Crippen molar-refractivity contribution in [1.29, 1.82) is 5.26 Å². The maximum atomic E-state index is 8.81. The Morgan fingerprint density at radius 1 is 0.900 bits per heavy atom. The second-order valence-electron chi connectivity index (χ2n) is 4.48. The van der Waals surface area contributed by atoms with E-state index in [0.29, 0.717) is 17.0 Å². The van der Waals surface area contributed by atoms with Crippen molar-refractivity contribution in [3.63, 3.8) is 0 Å². The van der Waals surface area contributed by atoms with Crippen molar-refractivity contribution in [1.82, 2.24) is 0 Å². The first kappa shape index (κ1) is 12.1. The van der Waals surface area contributed by atoms with Gasteiger partial charge in [0.1, 0.15) is 11.5 Å². The van der Waals surface area contributed by atoms with Gasteiger partial charge in [-0.1, -0.05) is 30.3 Å². The summed E-state index contributed by atoms with van der Waals surface area (Å²) in [7, 11) is 0. The summed E-state index contributed by atoms with van der Waals surface area (Å²) in [6, 6.07) is 21.0. The van der Waals surface area contributed by atoms with Gasteiger partial charge in [0, 0.05) is 0 Å². The van der Waals surface area contributed by atoms with Gasteiger partial charge >= 0.3 is 0 Å². The molecule has 0 aromatic heterocycles. The number of benzene rings is 3. The van der Waals surface area contributed by atoms with Crippen molar-refractivity contribution in [3.05, 3.63) is 66.2 Å². The summed E-state index contributed by atoms with van der Waals surface area (Å²) in [4.78, 5) is 0. The highest BCUT2D eigenvalue weighted by Gasteiger charge is 2.04. The van der Waals surface area contributed by atoms with Crippen LogP contribution in [-0.4, -0.2) is 0 Å². The molecule has 3 rings (SSSR count). The van der Waals surface area contributed by atoms with E-state index in [9.17, 15) is 0 Å². The molecule has 0 radical (unpaired) electrons. The minimum atomic E-state index is 0.456. The molecular formula is C17H12N2O. The number of nitriles is 1. The molecule has 3 aromatic rings. The minimum Gasteiger partial charge on any atom is -0.455 e. The average Bonchev–Trinajstić information content (AvgIpc) is 2.49. The Morgan fingerprint density at radius 3 is 2.45 bits per heavy atom. The lowest BCUT2D eigenvalue weighted by atomic mass is 10.1. The van der Waals surface area contributed by atoms with Gasteiger partial charge in [-0.15, -0.1) is 0 Å². The Hall–Kier alpha value is -2.99. The number of ether oxygens (including phenoxy) is 1. The topological polar surface area (TPSA) is 59.0 Å². The third kappa shape index (κ3) is 2.27. The summed E-state index contributed by atoms with van der Waals surface area (Å²) in [5.41, 5.74) is 6.86. The molecule has 0 aliphatic heterocycles. The smallest absolute Gasteiger partial charge is 0.150 e. The lowest BCUT2D eigenvalue weighted by Gasteiger charge is -2.09. The summed E-state index contributed by atoms with van der Waals surface area (Å²) in [6.07, 6.45) is 0. The van der Waals surface area contributed by atoms with E-state index in [0.717, 1.165) is 16.5 Å². The molecule has 0 aliphatic rings. The van der Waals surface area contributed by atoms with Crippen LogP contribution in [0.3, 0.4) is 0 Å². The number of fused-ring (bicyclic) bond motifs is 1. The van der Waals surface area contributed by atoms with Crippen LogP contribution in [0.1, 0.15) is 5.56 Å². The lowest BCUT2D eigenvalue weighted by Crippen LogP contribution is -1.93. The molecule has 3 nitrogen and oxygen atoms in total. The molecule has 20 heavy (non-hydrogen) atoms. The maximum Gasteiger partial charge on any atom is 0.150 e. The fourth-order valence-electron chi connectivity index (χ4n) is 2.07. The molecule has 0 fully saturated rings. The first-order valence-corrected chi connectivity index (χ1v) is 6.22. The van der Waals surface area contributed by atoms with Crippen LogP contribution >= 0.6 is 0 Å². The van der Waals surface area contributed by atoms with E-state index in [1.54, 1.807) is 18.2 Å². The van der Waals surface area contributed by atoms with Gasteiger partial charge in [-0.25, -0.2) is 0 Å². The van der Waals surface area contributed by atoms with Crippen molar-refractivity contribution in [2.75, 3.05) is 5.73 Å². The van der Waals surface area contributed by atoms with Crippen LogP contribution in [0.2, 0.25) is 0 Å². The molecular weight excluding hydrogens is 248 g/mol. The van der Waals surface area contributed by atoms with Crippen molar-refractivity contribution >= 4 is 16.5 Å². The van der Waals surface area contributed by atoms with Crippen molar-refractivity contribution in [2.24, 2.45) is 0 Å². The molecule has 0 aliphatic carbocycles. The number of anilines is 1. The monoisotopic (exact) mass is 260 g/mol. The Balaban J connectivity index is 1.95. The summed E-state index contributed by atoms with van der Waals surface area (Å²) in [5, 5.41) is 11.1. The predicted octanol–water partition coefficient (Wildman–Crippen LogP) is 4.09. The summed E-state index contributed by atoms with van der Waals surface area (Å²) in [5.74, 6) is 1.28. The molecule has 2 N–H and O–H groups in total. The van der Waals surface area contributed by atoms with Crippen LogP contribution in [0, 0.1) is 11.3 Å². The highest BCUT2D eigenvalue weighted by molar-refractivity contribution is 5.83. The molecule has 0 atom stereocenters. The van der Waals surface area contributed by atoms with Crippen LogP contribution in [-0.2, 0) is 0 Å². The molecule has 0 spiro atoms. The first-order valence-electron chi connectivity index (χ1n) is 6.22. The fraction of sp³-hybridized carbons (Fsp3) is 0. The Morgan fingerprint density at radius 2 is 1.70 bits per heavy atom. The van der Waals surface area contributed by atoms with Gasteiger partial charge in [0.05, 0.1) is 17.3 Å². The van der Waals surface area contributed by atoms with Crippen molar-refractivity contribution in [2.45, 2.75) is 0 Å². The van der Waals surface area contributed by atoms with E-state index >= 15 is 0 Å². The molecule has 3 aromatic carbocycles. The number of nitrogens with two attached hydrogens (primary N) is 1. The zero-order chi connectivity index (χ0) is 13.9. The molecule has 0 heterocycles. The normalized spacial score (nSPS) is 10.2. The van der Waals surface area contributed by atoms with Gasteiger partial charge in [-0.2, -0.15) is 5.26 Å². The van der Waals surface area contributed by atoms with Gasteiger partial charge in [0.2, 0.25) is 0 Å².